The van der Waals surface area contributed by atoms with Gasteiger partial charge >= 0.3 is 29.8 Å². The van der Waals surface area contributed by atoms with E-state index in [1.165, 1.54) is 7.11 Å². The molecule has 2 amide bonds. The fourth-order valence-corrected chi connectivity index (χ4v) is 2.07. The molecule has 0 radical (unpaired) electrons. The summed E-state index contributed by atoms with van der Waals surface area (Å²) < 4.78 is 22.9. The predicted molar refractivity (Wildman–Crippen MR) is 123 cm³/mol. The van der Waals surface area contributed by atoms with E-state index in [4.69, 9.17) is 4.74 Å². The summed E-state index contributed by atoms with van der Waals surface area (Å²) in [5.74, 6) is -5.01. The zero-order valence-electron chi connectivity index (χ0n) is 20.8. The van der Waals surface area contributed by atoms with Crippen molar-refractivity contribution in [1.82, 2.24) is 15.5 Å². The van der Waals surface area contributed by atoms with Crippen molar-refractivity contribution < 1.29 is 57.2 Å². The Morgan fingerprint density at radius 1 is 0.649 bits per heavy atom. The van der Waals surface area contributed by atoms with E-state index in [9.17, 15) is 33.6 Å². The van der Waals surface area contributed by atoms with Gasteiger partial charge in [0.1, 0.15) is 6.61 Å². The van der Waals surface area contributed by atoms with Gasteiger partial charge in [0, 0.05) is 50.5 Å². The molecule has 15 heteroatoms. The Kier molecular flexibility index (Phi) is 17.7. The number of carbonyl (C=O) groups is 7. The monoisotopic (exact) mass is 529 g/mol. The molecule has 0 saturated carbocycles. The van der Waals surface area contributed by atoms with Gasteiger partial charge in [0.2, 0.25) is 0 Å². The summed E-state index contributed by atoms with van der Waals surface area (Å²) in [4.78, 5) is 81.1. The van der Waals surface area contributed by atoms with Gasteiger partial charge in [-0.1, -0.05) is 0 Å². The molecular formula is C22H31N3O12. The number of ether oxygens (including phenoxy) is 5. The van der Waals surface area contributed by atoms with E-state index in [0.717, 1.165) is 31.4 Å². The number of likely N-dealkylation sites (N-methyl/N-ethyl adjacent to an activating group) is 1. The summed E-state index contributed by atoms with van der Waals surface area (Å²) in [6.07, 6.45) is 3.33. The van der Waals surface area contributed by atoms with Crippen LogP contribution in [0.25, 0.3) is 0 Å². The number of nitrogens with one attached hydrogen (secondary N) is 2. The van der Waals surface area contributed by atoms with Gasteiger partial charge in [-0.05, 0) is 7.05 Å². The Hall–Kier alpha value is -4.27. The van der Waals surface area contributed by atoms with Crippen LogP contribution in [0, 0.1) is 0 Å². The highest BCUT2D eigenvalue weighted by molar-refractivity contribution is 5.93. The molecule has 0 aliphatic carbocycles. The maximum Gasteiger partial charge on any atom is 0.331 e. The van der Waals surface area contributed by atoms with Crippen molar-refractivity contribution in [2.24, 2.45) is 0 Å². The number of carbonyl (C=O) groups excluding carboxylic acids is 7. The molecule has 0 aromatic carbocycles. The molecule has 0 unspecified atom stereocenters. The third-order valence-electron chi connectivity index (χ3n) is 4.02. The summed E-state index contributed by atoms with van der Waals surface area (Å²) in [5.41, 5.74) is 0. The average molecular weight is 529 g/mol. The molecule has 37 heavy (non-hydrogen) atoms. The van der Waals surface area contributed by atoms with Gasteiger partial charge in [-0.3, -0.25) is 14.4 Å². The fourth-order valence-electron chi connectivity index (χ4n) is 2.07. The van der Waals surface area contributed by atoms with Gasteiger partial charge in [0.25, 0.3) is 11.8 Å². The number of amides is 2. The first-order valence-electron chi connectivity index (χ1n) is 10.8. The number of hydrogen-bond donors (Lipinski definition) is 2. The lowest BCUT2D eigenvalue weighted by Crippen LogP contribution is -2.36. The molecule has 0 bridgehead atoms. The molecule has 0 aliphatic rings. The summed E-state index contributed by atoms with van der Waals surface area (Å²) in [7, 11) is 4.07. The molecule has 0 atom stereocenters. The average Bonchev–Trinajstić information content (AvgIpc) is 2.87. The van der Waals surface area contributed by atoms with Crippen LogP contribution < -0.4 is 10.6 Å². The van der Waals surface area contributed by atoms with E-state index in [0.29, 0.717) is 13.1 Å². The van der Waals surface area contributed by atoms with Gasteiger partial charge in [0.05, 0.1) is 20.6 Å². The lowest BCUT2D eigenvalue weighted by molar-refractivity contribution is -0.144. The third-order valence-corrected chi connectivity index (χ3v) is 4.02. The van der Waals surface area contributed by atoms with Gasteiger partial charge in [-0.15, -0.1) is 0 Å². The molecule has 15 nitrogen and oxygen atoms in total. The second-order valence-corrected chi connectivity index (χ2v) is 6.90. The smallest absolute Gasteiger partial charge is 0.331 e. The molecule has 206 valence electrons. The van der Waals surface area contributed by atoms with Crippen molar-refractivity contribution in [3.8, 4) is 0 Å². The lowest BCUT2D eigenvalue weighted by atomic mass is 10.4. The minimum atomic E-state index is -0.932. The SMILES string of the molecule is COC(=O)/C=C/C(=O)OCC(=O)NCCN(C)CCOC(=O)/C=C/C(=O)OCC(=O)NCCC(=O)OC. The van der Waals surface area contributed by atoms with Gasteiger partial charge < -0.3 is 39.2 Å². The normalized spacial score (nSPS) is 10.6. The van der Waals surface area contributed by atoms with E-state index < -0.39 is 54.9 Å². The number of nitrogens with zero attached hydrogens (tertiary/aromatic N) is 1. The molecule has 2 N–H and O–H groups in total. The van der Waals surface area contributed by atoms with E-state index in [1.807, 2.05) is 0 Å². The van der Waals surface area contributed by atoms with Gasteiger partial charge in [-0.25, -0.2) is 19.2 Å². The van der Waals surface area contributed by atoms with Crippen LogP contribution in [-0.4, -0.2) is 114 Å². The highest BCUT2D eigenvalue weighted by Crippen LogP contribution is 1.90. The van der Waals surface area contributed by atoms with E-state index >= 15 is 0 Å². The van der Waals surface area contributed by atoms with Crippen LogP contribution in [0.15, 0.2) is 24.3 Å². The van der Waals surface area contributed by atoms with E-state index in [-0.39, 0.29) is 26.1 Å². The molecule has 0 spiro atoms. The van der Waals surface area contributed by atoms with E-state index in [2.05, 4.69) is 29.6 Å². The van der Waals surface area contributed by atoms with Crippen LogP contribution in [-0.2, 0) is 57.2 Å². The minimum absolute atomic E-state index is 0.00455. The third kappa shape index (κ3) is 19.7. The summed E-state index contributed by atoms with van der Waals surface area (Å²) in [6, 6.07) is 0. The van der Waals surface area contributed by atoms with Crippen molar-refractivity contribution in [2.75, 3.05) is 67.3 Å². The maximum absolute atomic E-state index is 11.6. The van der Waals surface area contributed by atoms with Crippen molar-refractivity contribution >= 4 is 41.7 Å². The molecule has 0 fully saturated rings. The second-order valence-electron chi connectivity index (χ2n) is 6.90. The molecule has 0 aromatic heterocycles. The van der Waals surface area contributed by atoms with Crippen molar-refractivity contribution in [2.45, 2.75) is 6.42 Å². The summed E-state index contributed by atoms with van der Waals surface area (Å²) >= 11 is 0. The van der Waals surface area contributed by atoms with Gasteiger partial charge in [-0.2, -0.15) is 0 Å². The molecule has 0 rings (SSSR count). The first kappa shape index (κ1) is 32.7. The quantitative estimate of drug-likeness (QED) is 0.115. The van der Waals surface area contributed by atoms with Crippen molar-refractivity contribution in [3.05, 3.63) is 24.3 Å². The number of esters is 5. The molecule has 0 aliphatic heterocycles. The van der Waals surface area contributed by atoms with Crippen LogP contribution in [0.5, 0.6) is 0 Å². The minimum Gasteiger partial charge on any atom is -0.469 e. The van der Waals surface area contributed by atoms with E-state index in [1.54, 1.807) is 11.9 Å². The highest BCUT2D eigenvalue weighted by Gasteiger charge is 2.09. The Morgan fingerprint density at radius 3 is 1.65 bits per heavy atom. The first-order chi connectivity index (χ1) is 17.6. The Labute approximate surface area is 213 Å². The summed E-state index contributed by atoms with van der Waals surface area (Å²) in [5, 5.41) is 4.87. The topological polar surface area (TPSA) is 193 Å². The maximum atomic E-state index is 11.6. The largest absolute Gasteiger partial charge is 0.469 e. The first-order valence-corrected chi connectivity index (χ1v) is 10.8. The molecule has 0 heterocycles. The summed E-state index contributed by atoms with van der Waals surface area (Å²) in [6.45, 7) is -0.159. The highest BCUT2D eigenvalue weighted by atomic mass is 16.5. The molecule has 0 aromatic rings. The van der Waals surface area contributed by atoms with Crippen LogP contribution in [0.2, 0.25) is 0 Å². The zero-order chi connectivity index (χ0) is 28.1. The second kappa shape index (κ2) is 20.0. The van der Waals surface area contributed by atoms with Crippen LogP contribution >= 0.6 is 0 Å². The standard InChI is InChI=1S/C22H31N3O12/c1-25(11-10-24-17(27)15-37-21(31)5-4-18(28)33-2)12-13-35-20(30)6-7-22(32)36-14-16(26)23-9-8-19(29)34-3/h4-7H,8-15H2,1-3H3,(H,23,26)(H,24,27)/b5-4+,7-6+. The van der Waals surface area contributed by atoms with Crippen molar-refractivity contribution in [1.29, 1.82) is 0 Å². The van der Waals surface area contributed by atoms with Gasteiger partial charge in [0.15, 0.2) is 13.2 Å². The lowest BCUT2D eigenvalue weighted by Gasteiger charge is -2.16. The Morgan fingerprint density at radius 2 is 1.14 bits per heavy atom. The van der Waals surface area contributed by atoms with Crippen LogP contribution in [0.4, 0.5) is 0 Å². The number of rotatable bonds is 17. The van der Waals surface area contributed by atoms with Crippen molar-refractivity contribution in [3.63, 3.8) is 0 Å². The van der Waals surface area contributed by atoms with Crippen LogP contribution in [0.3, 0.4) is 0 Å². The zero-order valence-corrected chi connectivity index (χ0v) is 20.8. The molecular weight excluding hydrogens is 498 g/mol. The fraction of sp³-hybridized carbons (Fsp3) is 0.500. The molecule has 0 saturated heterocycles. The predicted octanol–water partition coefficient (Wildman–Crippen LogP) is -2.37. The Balaban J connectivity index is 3.94. The van der Waals surface area contributed by atoms with Crippen LogP contribution in [0.1, 0.15) is 6.42 Å². The number of methoxy groups -OCH3 is 2. The number of hydrogen-bond acceptors (Lipinski definition) is 13. The Bertz CT molecular complexity index is 869.